The van der Waals surface area contributed by atoms with Crippen LogP contribution in [0.3, 0.4) is 0 Å². The first-order chi connectivity index (χ1) is 5.77. The third-order valence-corrected chi connectivity index (χ3v) is 2.36. The van der Waals surface area contributed by atoms with Gasteiger partial charge < -0.3 is 14.9 Å². The quantitative estimate of drug-likeness (QED) is 0.504. The van der Waals surface area contributed by atoms with Crippen LogP contribution in [0.25, 0.3) is 0 Å². The van der Waals surface area contributed by atoms with E-state index in [1.807, 2.05) is 12.2 Å². The van der Waals surface area contributed by atoms with Gasteiger partial charge in [0, 0.05) is 0 Å². The highest BCUT2D eigenvalue weighted by Crippen LogP contribution is 2.52. The van der Waals surface area contributed by atoms with Crippen LogP contribution in [0.15, 0.2) is 12.2 Å². The molecule has 3 heterocycles. The number of ether oxygens (including phenoxy) is 1. The molecule has 0 aromatic carbocycles. The van der Waals surface area contributed by atoms with Gasteiger partial charge in [0.2, 0.25) is 0 Å². The van der Waals surface area contributed by atoms with Gasteiger partial charge in [-0.05, 0) is 0 Å². The van der Waals surface area contributed by atoms with Gasteiger partial charge in [-0.1, -0.05) is 12.2 Å². The second-order valence-electron chi connectivity index (χ2n) is 3.01. The van der Waals surface area contributed by atoms with E-state index < -0.39 is 0 Å². The standard InChI is InChI=1S/C8H7NO3/c10-7-5-3-1-2-4(12-3)6(5)8(11)9-7/h1-4,9-11H/t3-,4?/m1/s1. The van der Waals surface area contributed by atoms with Gasteiger partial charge in [0.25, 0.3) is 0 Å². The molecule has 2 aliphatic rings. The van der Waals surface area contributed by atoms with Gasteiger partial charge >= 0.3 is 0 Å². The van der Waals surface area contributed by atoms with Crippen molar-refractivity contribution in [2.24, 2.45) is 0 Å². The van der Waals surface area contributed by atoms with Gasteiger partial charge in [0.1, 0.15) is 12.2 Å². The van der Waals surface area contributed by atoms with E-state index in [1.165, 1.54) is 0 Å². The number of aromatic amines is 1. The van der Waals surface area contributed by atoms with E-state index in [2.05, 4.69) is 4.98 Å². The molecule has 0 aliphatic carbocycles. The topological polar surface area (TPSA) is 65.5 Å². The predicted octanol–water partition coefficient (Wildman–Crippen LogP) is 1.11. The van der Waals surface area contributed by atoms with Crippen molar-refractivity contribution in [1.82, 2.24) is 4.98 Å². The zero-order chi connectivity index (χ0) is 8.29. The number of hydrogen-bond acceptors (Lipinski definition) is 3. The highest BCUT2D eigenvalue weighted by molar-refractivity contribution is 5.54. The summed E-state index contributed by atoms with van der Waals surface area (Å²) in [6, 6.07) is 0. The third kappa shape index (κ3) is 0.494. The van der Waals surface area contributed by atoms with Crippen molar-refractivity contribution in [1.29, 1.82) is 0 Å². The second-order valence-corrected chi connectivity index (χ2v) is 3.01. The molecule has 2 aliphatic heterocycles. The highest BCUT2D eigenvalue weighted by atomic mass is 16.5. The van der Waals surface area contributed by atoms with Gasteiger partial charge in [-0.25, -0.2) is 0 Å². The van der Waals surface area contributed by atoms with Gasteiger partial charge in [0.15, 0.2) is 11.8 Å². The van der Waals surface area contributed by atoms with Crippen LogP contribution in [0, 0.1) is 0 Å². The number of hydrogen-bond donors (Lipinski definition) is 3. The maximum Gasteiger partial charge on any atom is 0.197 e. The summed E-state index contributed by atoms with van der Waals surface area (Å²) in [7, 11) is 0. The van der Waals surface area contributed by atoms with E-state index in [9.17, 15) is 10.2 Å². The van der Waals surface area contributed by atoms with Gasteiger partial charge in [0.05, 0.1) is 11.1 Å². The monoisotopic (exact) mass is 165 g/mol. The highest BCUT2D eigenvalue weighted by Gasteiger charge is 2.40. The normalized spacial score (nSPS) is 29.7. The summed E-state index contributed by atoms with van der Waals surface area (Å²) in [5.41, 5.74) is 1.36. The SMILES string of the molecule is Oc1[nH]c(O)c2c1C1C=C[C@H]2O1. The van der Waals surface area contributed by atoms with Crippen molar-refractivity contribution in [3.63, 3.8) is 0 Å². The van der Waals surface area contributed by atoms with Crippen molar-refractivity contribution in [2.45, 2.75) is 12.2 Å². The van der Waals surface area contributed by atoms with Crippen LogP contribution >= 0.6 is 0 Å². The molecular weight excluding hydrogens is 158 g/mol. The molecule has 0 saturated carbocycles. The predicted molar refractivity (Wildman–Crippen MR) is 39.8 cm³/mol. The minimum Gasteiger partial charge on any atom is -0.494 e. The van der Waals surface area contributed by atoms with E-state index in [0.717, 1.165) is 0 Å². The lowest BCUT2D eigenvalue weighted by molar-refractivity contribution is 0.0847. The smallest absolute Gasteiger partial charge is 0.197 e. The second kappa shape index (κ2) is 1.67. The fraction of sp³-hybridized carbons (Fsp3) is 0.250. The number of rotatable bonds is 0. The van der Waals surface area contributed by atoms with Gasteiger partial charge in [-0.15, -0.1) is 0 Å². The molecule has 1 unspecified atom stereocenters. The Morgan fingerprint density at radius 3 is 2.08 bits per heavy atom. The molecule has 3 N–H and O–H groups in total. The van der Waals surface area contributed by atoms with Gasteiger partial charge in [-0.2, -0.15) is 0 Å². The first kappa shape index (κ1) is 6.14. The average Bonchev–Trinajstić information content (AvgIpc) is 2.64. The number of H-pyrrole nitrogens is 1. The molecule has 0 spiro atoms. The number of fused-ring (bicyclic) bond motifs is 5. The summed E-state index contributed by atoms with van der Waals surface area (Å²) >= 11 is 0. The number of nitrogens with one attached hydrogen (secondary N) is 1. The summed E-state index contributed by atoms with van der Waals surface area (Å²) in [5.74, 6) is 0.0266. The summed E-state index contributed by atoms with van der Waals surface area (Å²) in [5, 5.41) is 18.7. The molecule has 0 amide bonds. The minimum atomic E-state index is -0.179. The van der Waals surface area contributed by atoms with E-state index in [4.69, 9.17) is 4.74 Å². The molecule has 4 nitrogen and oxygen atoms in total. The third-order valence-electron chi connectivity index (χ3n) is 2.36. The molecule has 4 heteroatoms. The Hall–Kier alpha value is -1.42. The van der Waals surface area contributed by atoms with Crippen molar-refractivity contribution >= 4 is 0 Å². The molecule has 1 aromatic rings. The van der Waals surface area contributed by atoms with Crippen molar-refractivity contribution in [3.05, 3.63) is 23.3 Å². The minimum absolute atomic E-state index is 0.0133. The molecular formula is C8H7NO3. The fourth-order valence-electron chi connectivity index (χ4n) is 1.86. The van der Waals surface area contributed by atoms with Crippen LogP contribution in [0.2, 0.25) is 0 Å². The number of aromatic hydroxyl groups is 2. The van der Waals surface area contributed by atoms with Crippen LogP contribution in [-0.4, -0.2) is 15.2 Å². The fourth-order valence-corrected chi connectivity index (χ4v) is 1.86. The Balaban J connectivity index is 2.31. The van der Waals surface area contributed by atoms with E-state index in [0.29, 0.717) is 11.1 Å². The largest absolute Gasteiger partial charge is 0.494 e. The van der Waals surface area contributed by atoms with E-state index in [-0.39, 0.29) is 24.0 Å². The van der Waals surface area contributed by atoms with Crippen molar-refractivity contribution in [2.75, 3.05) is 0 Å². The Bertz CT molecular complexity index is 347. The molecule has 0 saturated heterocycles. The first-order valence-electron chi connectivity index (χ1n) is 3.75. The maximum atomic E-state index is 9.34. The molecule has 62 valence electrons. The summed E-state index contributed by atoms with van der Waals surface area (Å²) in [4.78, 5) is 2.47. The van der Waals surface area contributed by atoms with E-state index >= 15 is 0 Å². The van der Waals surface area contributed by atoms with Gasteiger partial charge in [-0.3, -0.25) is 4.98 Å². The van der Waals surface area contributed by atoms with Crippen molar-refractivity contribution < 1.29 is 14.9 Å². The zero-order valence-corrected chi connectivity index (χ0v) is 6.11. The lowest BCUT2D eigenvalue weighted by atomic mass is 10.0. The van der Waals surface area contributed by atoms with Crippen LogP contribution in [-0.2, 0) is 4.74 Å². The van der Waals surface area contributed by atoms with E-state index in [1.54, 1.807) is 0 Å². The lowest BCUT2D eigenvalue weighted by Gasteiger charge is -2.00. The van der Waals surface area contributed by atoms with Crippen LogP contribution in [0.1, 0.15) is 23.3 Å². The Morgan fingerprint density at radius 1 is 1.08 bits per heavy atom. The Morgan fingerprint density at radius 2 is 1.58 bits per heavy atom. The lowest BCUT2D eigenvalue weighted by Crippen LogP contribution is -1.87. The van der Waals surface area contributed by atoms with Crippen LogP contribution in [0.5, 0.6) is 11.8 Å². The molecule has 2 atom stereocenters. The van der Waals surface area contributed by atoms with Crippen molar-refractivity contribution in [3.8, 4) is 11.8 Å². The molecule has 12 heavy (non-hydrogen) atoms. The summed E-state index contributed by atoms with van der Waals surface area (Å²) in [6.45, 7) is 0. The molecule has 1 aromatic heterocycles. The average molecular weight is 165 g/mol. The maximum absolute atomic E-state index is 9.34. The summed E-state index contributed by atoms with van der Waals surface area (Å²) < 4.78 is 5.39. The zero-order valence-electron chi connectivity index (χ0n) is 6.11. The molecule has 0 radical (unpaired) electrons. The Labute approximate surface area is 68.1 Å². The molecule has 3 rings (SSSR count). The summed E-state index contributed by atoms with van der Waals surface area (Å²) in [6.07, 6.45) is 3.39. The molecule has 2 bridgehead atoms. The van der Waals surface area contributed by atoms with Crippen LogP contribution in [0.4, 0.5) is 0 Å². The Kier molecular flexibility index (Phi) is 0.851. The van der Waals surface area contributed by atoms with Crippen LogP contribution < -0.4 is 0 Å². The molecule has 0 fully saturated rings. The number of aromatic nitrogens is 1. The first-order valence-corrected chi connectivity index (χ1v) is 3.75.